The Morgan fingerprint density at radius 3 is 2.33 bits per heavy atom. The second kappa shape index (κ2) is 8.29. The van der Waals surface area contributed by atoms with Crippen molar-refractivity contribution in [1.82, 2.24) is 0 Å². The molecule has 6 heteroatoms. The van der Waals surface area contributed by atoms with Crippen LogP contribution in [0.4, 0.5) is 20.2 Å². The van der Waals surface area contributed by atoms with Crippen LogP contribution in [0.25, 0.3) is 0 Å². The zero-order chi connectivity index (χ0) is 17.5. The summed E-state index contributed by atoms with van der Waals surface area (Å²) in [6.45, 7) is 5.59. The van der Waals surface area contributed by atoms with Crippen molar-refractivity contribution < 1.29 is 18.3 Å². The van der Waals surface area contributed by atoms with Crippen LogP contribution in [0, 0.1) is 11.6 Å². The van der Waals surface area contributed by atoms with E-state index in [1.54, 1.807) is 12.1 Å². The van der Waals surface area contributed by atoms with Gasteiger partial charge in [0.15, 0.2) is 18.2 Å². The molecule has 0 saturated carbocycles. The molecule has 0 aromatic heterocycles. The maximum absolute atomic E-state index is 13.4. The summed E-state index contributed by atoms with van der Waals surface area (Å²) >= 11 is 0. The SMILES string of the molecule is CCN(CC)c1ccc(NC(=O)COc2ccc(F)cc2F)cc1. The van der Waals surface area contributed by atoms with Gasteiger partial charge in [-0.25, -0.2) is 8.78 Å². The molecule has 24 heavy (non-hydrogen) atoms. The van der Waals surface area contributed by atoms with Crippen molar-refractivity contribution in [1.29, 1.82) is 0 Å². The molecule has 0 aliphatic rings. The third kappa shape index (κ3) is 4.68. The molecular formula is C18H20F2N2O2. The zero-order valence-electron chi connectivity index (χ0n) is 13.7. The molecule has 2 aromatic carbocycles. The number of benzene rings is 2. The van der Waals surface area contributed by atoms with Gasteiger partial charge < -0.3 is 15.0 Å². The van der Waals surface area contributed by atoms with Crippen molar-refractivity contribution >= 4 is 17.3 Å². The van der Waals surface area contributed by atoms with Crippen LogP contribution in [-0.4, -0.2) is 25.6 Å². The van der Waals surface area contributed by atoms with Crippen molar-refractivity contribution in [2.75, 3.05) is 29.9 Å². The van der Waals surface area contributed by atoms with Crippen LogP contribution in [0.2, 0.25) is 0 Å². The van der Waals surface area contributed by atoms with Gasteiger partial charge in [0.2, 0.25) is 0 Å². The minimum absolute atomic E-state index is 0.163. The van der Waals surface area contributed by atoms with Gasteiger partial charge in [-0.1, -0.05) is 0 Å². The van der Waals surface area contributed by atoms with E-state index in [0.717, 1.165) is 30.9 Å². The number of nitrogens with one attached hydrogen (secondary N) is 1. The number of anilines is 2. The van der Waals surface area contributed by atoms with Gasteiger partial charge in [-0.05, 0) is 50.2 Å². The maximum Gasteiger partial charge on any atom is 0.262 e. The van der Waals surface area contributed by atoms with Crippen molar-refractivity contribution in [3.05, 3.63) is 54.1 Å². The fourth-order valence-corrected chi connectivity index (χ4v) is 2.28. The third-order valence-corrected chi connectivity index (χ3v) is 3.53. The van der Waals surface area contributed by atoms with Gasteiger partial charge in [-0.2, -0.15) is 0 Å². The van der Waals surface area contributed by atoms with Crippen LogP contribution in [0.15, 0.2) is 42.5 Å². The minimum atomic E-state index is -0.841. The molecule has 1 amide bonds. The van der Waals surface area contributed by atoms with Crippen molar-refractivity contribution in [2.45, 2.75) is 13.8 Å². The Bertz CT molecular complexity index is 686. The summed E-state index contributed by atoms with van der Waals surface area (Å²) in [4.78, 5) is 14.0. The highest BCUT2D eigenvalue weighted by molar-refractivity contribution is 5.92. The molecule has 0 aliphatic heterocycles. The molecule has 2 rings (SSSR count). The van der Waals surface area contributed by atoms with E-state index in [-0.39, 0.29) is 12.4 Å². The fraction of sp³-hybridized carbons (Fsp3) is 0.278. The lowest BCUT2D eigenvalue weighted by Crippen LogP contribution is -2.22. The summed E-state index contributed by atoms with van der Waals surface area (Å²) in [6.07, 6.45) is 0. The summed E-state index contributed by atoms with van der Waals surface area (Å²) in [5.74, 6) is -2.12. The molecule has 0 fully saturated rings. The number of ether oxygens (including phenoxy) is 1. The van der Waals surface area contributed by atoms with Crippen LogP contribution < -0.4 is 15.0 Å². The Labute approximate surface area is 140 Å². The highest BCUT2D eigenvalue weighted by Gasteiger charge is 2.09. The van der Waals surface area contributed by atoms with Crippen molar-refractivity contribution in [3.8, 4) is 5.75 Å². The van der Waals surface area contributed by atoms with Crippen LogP contribution in [0.3, 0.4) is 0 Å². The molecule has 0 atom stereocenters. The lowest BCUT2D eigenvalue weighted by atomic mass is 10.2. The van der Waals surface area contributed by atoms with Gasteiger partial charge in [0.25, 0.3) is 5.91 Å². The first kappa shape index (κ1) is 17.7. The van der Waals surface area contributed by atoms with Crippen LogP contribution in [-0.2, 0) is 4.79 Å². The number of amides is 1. The quantitative estimate of drug-likeness (QED) is 0.837. The van der Waals surface area contributed by atoms with Gasteiger partial charge in [0.1, 0.15) is 5.82 Å². The second-order valence-corrected chi connectivity index (χ2v) is 5.13. The molecule has 0 radical (unpaired) electrons. The topological polar surface area (TPSA) is 41.6 Å². The molecular weight excluding hydrogens is 314 g/mol. The normalized spacial score (nSPS) is 10.3. The molecule has 4 nitrogen and oxygen atoms in total. The van der Waals surface area contributed by atoms with Crippen LogP contribution in [0.5, 0.6) is 5.75 Å². The number of carbonyl (C=O) groups excluding carboxylic acids is 1. The van der Waals surface area contributed by atoms with E-state index < -0.39 is 17.5 Å². The Hall–Kier alpha value is -2.63. The van der Waals surface area contributed by atoms with E-state index in [4.69, 9.17) is 4.74 Å². The average molecular weight is 334 g/mol. The highest BCUT2D eigenvalue weighted by Crippen LogP contribution is 2.19. The van der Waals surface area contributed by atoms with Gasteiger partial charge in [-0.3, -0.25) is 4.79 Å². The Kier molecular flexibility index (Phi) is 6.12. The maximum atomic E-state index is 13.4. The number of halogens is 2. The van der Waals surface area contributed by atoms with Crippen molar-refractivity contribution in [2.24, 2.45) is 0 Å². The fourth-order valence-electron chi connectivity index (χ4n) is 2.28. The van der Waals surface area contributed by atoms with Gasteiger partial charge in [-0.15, -0.1) is 0 Å². The summed E-state index contributed by atoms with van der Waals surface area (Å²) in [6, 6.07) is 10.4. The van der Waals surface area contributed by atoms with Gasteiger partial charge in [0, 0.05) is 30.5 Å². The summed E-state index contributed by atoms with van der Waals surface area (Å²) in [5.41, 5.74) is 1.70. The molecule has 128 valence electrons. The standard InChI is InChI=1S/C18H20F2N2O2/c1-3-22(4-2)15-8-6-14(7-9-15)21-18(23)12-24-17-10-5-13(19)11-16(17)20/h5-11H,3-4,12H2,1-2H3,(H,21,23). The van der Waals surface area contributed by atoms with E-state index in [1.165, 1.54) is 0 Å². The number of nitrogens with zero attached hydrogens (tertiary/aromatic N) is 1. The molecule has 1 N–H and O–H groups in total. The first-order chi connectivity index (χ1) is 11.5. The summed E-state index contributed by atoms with van der Waals surface area (Å²) in [7, 11) is 0. The Balaban J connectivity index is 1.90. The molecule has 0 aliphatic carbocycles. The second-order valence-electron chi connectivity index (χ2n) is 5.13. The van der Waals surface area contributed by atoms with E-state index in [1.807, 2.05) is 12.1 Å². The van der Waals surface area contributed by atoms with Crippen molar-refractivity contribution in [3.63, 3.8) is 0 Å². The van der Waals surface area contributed by atoms with Gasteiger partial charge in [0.05, 0.1) is 0 Å². The molecule has 0 saturated heterocycles. The predicted octanol–water partition coefficient (Wildman–Crippen LogP) is 3.83. The molecule has 0 unspecified atom stereocenters. The monoisotopic (exact) mass is 334 g/mol. The number of hydrogen-bond donors (Lipinski definition) is 1. The molecule has 2 aromatic rings. The van der Waals surface area contributed by atoms with Crippen LogP contribution >= 0.6 is 0 Å². The summed E-state index contributed by atoms with van der Waals surface area (Å²) < 4.78 is 31.3. The number of rotatable bonds is 7. The van der Waals surface area contributed by atoms with E-state index in [9.17, 15) is 13.6 Å². The zero-order valence-corrected chi connectivity index (χ0v) is 13.7. The Morgan fingerprint density at radius 1 is 1.08 bits per heavy atom. The van der Waals surface area contributed by atoms with E-state index in [0.29, 0.717) is 11.8 Å². The summed E-state index contributed by atoms with van der Waals surface area (Å²) in [5, 5.41) is 2.67. The lowest BCUT2D eigenvalue weighted by Gasteiger charge is -2.21. The minimum Gasteiger partial charge on any atom is -0.481 e. The van der Waals surface area contributed by atoms with Crippen LogP contribution in [0.1, 0.15) is 13.8 Å². The van der Waals surface area contributed by atoms with Gasteiger partial charge >= 0.3 is 0 Å². The molecule has 0 bridgehead atoms. The number of carbonyl (C=O) groups is 1. The third-order valence-electron chi connectivity index (χ3n) is 3.53. The smallest absolute Gasteiger partial charge is 0.262 e. The molecule has 0 spiro atoms. The number of hydrogen-bond acceptors (Lipinski definition) is 3. The van der Waals surface area contributed by atoms with E-state index >= 15 is 0 Å². The first-order valence-corrected chi connectivity index (χ1v) is 7.76. The average Bonchev–Trinajstić information content (AvgIpc) is 2.56. The first-order valence-electron chi connectivity index (χ1n) is 7.76. The highest BCUT2D eigenvalue weighted by atomic mass is 19.1. The van der Waals surface area contributed by atoms with E-state index in [2.05, 4.69) is 24.1 Å². The lowest BCUT2D eigenvalue weighted by molar-refractivity contribution is -0.118. The predicted molar refractivity (Wildman–Crippen MR) is 90.5 cm³/mol. The molecule has 0 heterocycles. The Morgan fingerprint density at radius 2 is 1.75 bits per heavy atom. The largest absolute Gasteiger partial charge is 0.481 e.